The minimum Gasteiger partial charge on any atom is -0.354 e. The molecule has 0 radical (unpaired) electrons. The van der Waals surface area contributed by atoms with Gasteiger partial charge in [0.05, 0.1) is 5.52 Å². The first-order chi connectivity index (χ1) is 8.77. The molecule has 0 amide bonds. The summed E-state index contributed by atoms with van der Waals surface area (Å²) in [5, 5.41) is 1.55. The molecule has 0 atom stereocenters. The van der Waals surface area contributed by atoms with Crippen LogP contribution in [-0.2, 0) is 0 Å². The number of hydrogen-bond acceptors (Lipinski definition) is 3. The number of nitrogens with one attached hydrogen (secondary N) is 1. The number of para-hydroxylation sites is 1. The largest absolute Gasteiger partial charge is 0.354 e. The van der Waals surface area contributed by atoms with E-state index in [0.29, 0.717) is 0 Å². The molecular formula is C14H15N3O. The van der Waals surface area contributed by atoms with Crippen LogP contribution in [0.25, 0.3) is 21.8 Å². The molecule has 4 nitrogen and oxygen atoms in total. The van der Waals surface area contributed by atoms with E-state index < -0.39 is 0 Å². The highest BCUT2D eigenvalue weighted by Gasteiger charge is 2.05. The molecule has 0 saturated carbocycles. The maximum Gasteiger partial charge on any atom is 0.197 e. The van der Waals surface area contributed by atoms with Crippen molar-refractivity contribution in [2.45, 2.75) is 6.92 Å². The van der Waals surface area contributed by atoms with E-state index in [1.807, 2.05) is 49.4 Å². The van der Waals surface area contributed by atoms with Gasteiger partial charge in [0, 0.05) is 16.3 Å². The van der Waals surface area contributed by atoms with Gasteiger partial charge < -0.3 is 4.98 Å². The molecule has 0 fully saturated rings. The normalized spacial score (nSPS) is 10.2. The molecule has 5 N–H and O–H groups in total. The van der Waals surface area contributed by atoms with E-state index in [-0.39, 0.29) is 5.43 Å². The smallest absolute Gasteiger partial charge is 0.197 e. The molecule has 92 valence electrons. The van der Waals surface area contributed by atoms with Crippen molar-refractivity contribution < 1.29 is 0 Å². The van der Waals surface area contributed by atoms with E-state index in [1.165, 1.54) is 0 Å². The van der Waals surface area contributed by atoms with Crippen LogP contribution in [0, 0.1) is 6.92 Å². The van der Waals surface area contributed by atoms with Gasteiger partial charge in [0.25, 0.3) is 0 Å². The molecule has 0 aliphatic carbocycles. The lowest BCUT2D eigenvalue weighted by Gasteiger charge is -2.04. The minimum atomic E-state index is 0.113. The number of benzene rings is 2. The number of rotatable bonds is 0. The van der Waals surface area contributed by atoms with Gasteiger partial charge in [-0.3, -0.25) is 16.5 Å². The number of H-pyrrole nitrogens is 1. The Kier molecular flexibility index (Phi) is 3.41. The molecule has 0 unspecified atom stereocenters. The molecule has 0 spiro atoms. The molecule has 18 heavy (non-hydrogen) atoms. The van der Waals surface area contributed by atoms with E-state index in [0.717, 1.165) is 27.4 Å². The number of hydrogen-bond donors (Lipinski definition) is 3. The van der Waals surface area contributed by atoms with Gasteiger partial charge in [-0.2, -0.15) is 0 Å². The van der Waals surface area contributed by atoms with Gasteiger partial charge in [-0.1, -0.05) is 24.3 Å². The van der Waals surface area contributed by atoms with E-state index >= 15 is 0 Å². The van der Waals surface area contributed by atoms with Crippen molar-refractivity contribution >= 4 is 21.8 Å². The van der Waals surface area contributed by atoms with Crippen molar-refractivity contribution in [3.8, 4) is 0 Å². The fraction of sp³-hybridized carbons (Fsp3) is 0.0714. The topological polar surface area (TPSA) is 84.9 Å². The number of nitrogens with two attached hydrogens (primary N) is 2. The lowest BCUT2D eigenvalue weighted by atomic mass is 10.1. The summed E-state index contributed by atoms with van der Waals surface area (Å²) < 4.78 is 0. The van der Waals surface area contributed by atoms with Crippen LogP contribution in [0.1, 0.15) is 5.56 Å². The molecule has 3 rings (SSSR count). The second-order valence-electron chi connectivity index (χ2n) is 4.00. The Morgan fingerprint density at radius 2 is 1.61 bits per heavy atom. The van der Waals surface area contributed by atoms with Gasteiger partial charge in [0.2, 0.25) is 0 Å². The highest BCUT2D eigenvalue weighted by molar-refractivity contribution is 5.93. The van der Waals surface area contributed by atoms with Crippen molar-refractivity contribution in [1.29, 1.82) is 0 Å². The van der Waals surface area contributed by atoms with Crippen LogP contribution in [0.2, 0.25) is 0 Å². The van der Waals surface area contributed by atoms with E-state index in [4.69, 9.17) is 0 Å². The third-order valence-electron chi connectivity index (χ3n) is 2.94. The van der Waals surface area contributed by atoms with Crippen LogP contribution in [0.3, 0.4) is 0 Å². The number of aromatic amines is 1. The number of aromatic nitrogens is 1. The van der Waals surface area contributed by atoms with Gasteiger partial charge in [-0.05, 0) is 30.7 Å². The molecule has 1 heterocycles. The standard InChI is InChI=1S/C14H11NO.H4N2/c1-9-5-4-8-12-13(9)14(16)10-6-2-3-7-11(10)15-12;1-2/h2-8H,1H3,(H,15,16);1-2H2. The van der Waals surface area contributed by atoms with E-state index in [1.54, 1.807) is 0 Å². The minimum absolute atomic E-state index is 0.113. The predicted octanol–water partition coefficient (Wildman–Crippen LogP) is 1.81. The second-order valence-corrected chi connectivity index (χ2v) is 4.00. The summed E-state index contributed by atoms with van der Waals surface area (Å²) in [6.07, 6.45) is 0. The molecular weight excluding hydrogens is 226 g/mol. The average molecular weight is 241 g/mol. The average Bonchev–Trinajstić information content (AvgIpc) is 2.41. The lowest BCUT2D eigenvalue weighted by molar-refractivity contribution is 1.26. The molecule has 4 heteroatoms. The van der Waals surface area contributed by atoms with Gasteiger partial charge >= 0.3 is 0 Å². The molecule has 0 aliphatic heterocycles. The lowest BCUT2D eigenvalue weighted by Crippen LogP contribution is -2.05. The molecule has 0 aliphatic rings. The van der Waals surface area contributed by atoms with Gasteiger partial charge in [0.1, 0.15) is 0 Å². The Morgan fingerprint density at radius 3 is 2.39 bits per heavy atom. The Morgan fingerprint density at radius 1 is 0.944 bits per heavy atom. The van der Waals surface area contributed by atoms with Crippen LogP contribution in [0.4, 0.5) is 0 Å². The number of hydrazine groups is 1. The third kappa shape index (κ3) is 1.88. The van der Waals surface area contributed by atoms with E-state index in [2.05, 4.69) is 16.7 Å². The fourth-order valence-corrected chi connectivity index (χ4v) is 2.14. The van der Waals surface area contributed by atoms with Crippen LogP contribution < -0.4 is 17.1 Å². The Labute approximate surface area is 104 Å². The monoisotopic (exact) mass is 241 g/mol. The summed E-state index contributed by atoms with van der Waals surface area (Å²) in [5.41, 5.74) is 2.93. The zero-order valence-corrected chi connectivity index (χ0v) is 10.1. The third-order valence-corrected chi connectivity index (χ3v) is 2.94. The molecule has 3 aromatic rings. The Hall–Kier alpha value is -2.17. The summed E-state index contributed by atoms with van der Waals surface area (Å²) in [6.45, 7) is 1.96. The van der Waals surface area contributed by atoms with Crippen LogP contribution in [0.5, 0.6) is 0 Å². The highest BCUT2D eigenvalue weighted by atomic mass is 16.1. The van der Waals surface area contributed by atoms with Crippen molar-refractivity contribution in [2.75, 3.05) is 0 Å². The predicted molar refractivity (Wildman–Crippen MR) is 75.2 cm³/mol. The number of pyridine rings is 1. The van der Waals surface area contributed by atoms with E-state index in [9.17, 15) is 4.79 Å². The first-order valence-electron chi connectivity index (χ1n) is 5.61. The summed E-state index contributed by atoms with van der Waals surface area (Å²) in [6, 6.07) is 13.5. The summed E-state index contributed by atoms with van der Waals surface area (Å²) >= 11 is 0. The van der Waals surface area contributed by atoms with Crippen molar-refractivity contribution in [1.82, 2.24) is 4.98 Å². The summed E-state index contributed by atoms with van der Waals surface area (Å²) in [7, 11) is 0. The van der Waals surface area contributed by atoms with Gasteiger partial charge in [0.15, 0.2) is 5.43 Å². The first kappa shape index (κ1) is 12.3. The molecule has 0 bridgehead atoms. The maximum atomic E-state index is 12.3. The molecule has 0 saturated heterocycles. The maximum absolute atomic E-state index is 12.3. The van der Waals surface area contributed by atoms with Crippen LogP contribution in [-0.4, -0.2) is 4.98 Å². The summed E-state index contributed by atoms with van der Waals surface area (Å²) in [5.74, 6) is 8.00. The number of aryl methyl sites for hydroxylation is 1. The zero-order valence-electron chi connectivity index (χ0n) is 10.1. The zero-order chi connectivity index (χ0) is 13.1. The fourth-order valence-electron chi connectivity index (χ4n) is 2.14. The van der Waals surface area contributed by atoms with Crippen molar-refractivity contribution in [3.63, 3.8) is 0 Å². The highest BCUT2D eigenvalue weighted by Crippen LogP contribution is 2.16. The SMILES string of the molecule is Cc1cccc2[nH]c3ccccc3c(=O)c12.NN. The van der Waals surface area contributed by atoms with Crippen LogP contribution in [0.15, 0.2) is 47.3 Å². The van der Waals surface area contributed by atoms with Crippen molar-refractivity contribution in [2.24, 2.45) is 11.7 Å². The molecule has 2 aromatic carbocycles. The Bertz CT molecular complexity index is 747. The van der Waals surface area contributed by atoms with Gasteiger partial charge in [-0.15, -0.1) is 0 Å². The quantitative estimate of drug-likeness (QED) is 0.319. The number of fused-ring (bicyclic) bond motifs is 2. The first-order valence-corrected chi connectivity index (χ1v) is 5.61. The Balaban J connectivity index is 0.000000574. The molecule has 1 aromatic heterocycles. The van der Waals surface area contributed by atoms with Gasteiger partial charge in [-0.25, -0.2) is 0 Å². The second kappa shape index (κ2) is 5.00. The van der Waals surface area contributed by atoms with Crippen LogP contribution >= 0.6 is 0 Å². The van der Waals surface area contributed by atoms with Crippen molar-refractivity contribution in [3.05, 3.63) is 58.3 Å². The summed E-state index contributed by atoms with van der Waals surface area (Å²) in [4.78, 5) is 15.6.